The fourth-order valence-electron chi connectivity index (χ4n) is 3.72. The second-order valence-corrected chi connectivity index (χ2v) is 9.63. The van der Waals surface area contributed by atoms with Crippen molar-refractivity contribution >= 4 is 27.5 Å². The van der Waals surface area contributed by atoms with Gasteiger partial charge >= 0.3 is 0 Å². The number of halogens is 1. The van der Waals surface area contributed by atoms with Gasteiger partial charge in [-0.3, -0.25) is 9.69 Å². The standard InChI is InChI=1S/C19H28ClN3O4S/c1-15(21-28(25,26)18-4-2-17(20)3-5-18)19(24)23-8-6-16(7-9-23)14-22-10-12-27-13-11-22/h2-5,15-16,21H,6-14H2,1H3/t15-/m0/s1. The first-order chi connectivity index (χ1) is 13.3. The third-order valence-electron chi connectivity index (χ3n) is 5.37. The van der Waals surface area contributed by atoms with E-state index in [1.807, 2.05) is 0 Å². The normalized spacial score (nSPS) is 20.9. The highest BCUT2D eigenvalue weighted by Crippen LogP contribution is 2.20. The molecule has 2 saturated heterocycles. The second-order valence-electron chi connectivity index (χ2n) is 7.48. The first kappa shape index (κ1) is 21.5. The molecule has 1 aromatic rings. The molecular formula is C19H28ClN3O4S. The minimum Gasteiger partial charge on any atom is -0.379 e. The smallest absolute Gasteiger partial charge is 0.241 e. The fraction of sp³-hybridized carbons (Fsp3) is 0.632. The summed E-state index contributed by atoms with van der Waals surface area (Å²) in [6.07, 6.45) is 1.89. The van der Waals surface area contributed by atoms with Gasteiger partial charge < -0.3 is 9.64 Å². The Kier molecular flexibility index (Phi) is 7.33. The van der Waals surface area contributed by atoms with Gasteiger partial charge in [-0.25, -0.2) is 8.42 Å². The van der Waals surface area contributed by atoms with Gasteiger partial charge in [0.15, 0.2) is 0 Å². The van der Waals surface area contributed by atoms with Gasteiger partial charge in [-0.05, 0) is 49.9 Å². The van der Waals surface area contributed by atoms with E-state index >= 15 is 0 Å². The Hall–Kier alpha value is -1.19. The topological polar surface area (TPSA) is 79.0 Å². The highest BCUT2D eigenvalue weighted by atomic mass is 35.5. The van der Waals surface area contributed by atoms with E-state index in [0.29, 0.717) is 24.0 Å². The van der Waals surface area contributed by atoms with Crippen molar-refractivity contribution in [2.45, 2.75) is 30.7 Å². The van der Waals surface area contributed by atoms with Crippen molar-refractivity contribution in [1.29, 1.82) is 0 Å². The van der Waals surface area contributed by atoms with Crippen LogP contribution in [0.15, 0.2) is 29.2 Å². The van der Waals surface area contributed by atoms with Crippen LogP contribution in [0, 0.1) is 5.92 Å². The fourth-order valence-corrected chi connectivity index (χ4v) is 5.05. The van der Waals surface area contributed by atoms with Crippen LogP contribution in [0.3, 0.4) is 0 Å². The van der Waals surface area contributed by atoms with Crippen LogP contribution in [0.25, 0.3) is 0 Å². The Labute approximate surface area is 172 Å². The van der Waals surface area contributed by atoms with Crippen molar-refractivity contribution in [3.05, 3.63) is 29.3 Å². The molecule has 0 radical (unpaired) electrons. The summed E-state index contributed by atoms with van der Waals surface area (Å²) in [6.45, 7) is 7.51. The summed E-state index contributed by atoms with van der Waals surface area (Å²) >= 11 is 5.81. The first-order valence-corrected chi connectivity index (χ1v) is 11.6. The average Bonchev–Trinajstić information content (AvgIpc) is 2.69. The van der Waals surface area contributed by atoms with Crippen molar-refractivity contribution in [3.63, 3.8) is 0 Å². The Balaban J connectivity index is 1.49. The average molecular weight is 430 g/mol. The van der Waals surface area contributed by atoms with Gasteiger partial charge in [0, 0.05) is 37.7 Å². The maximum Gasteiger partial charge on any atom is 0.241 e. The number of nitrogens with one attached hydrogen (secondary N) is 1. The summed E-state index contributed by atoms with van der Waals surface area (Å²) in [5.41, 5.74) is 0. The van der Waals surface area contributed by atoms with Crippen molar-refractivity contribution in [2.75, 3.05) is 45.9 Å². The maximum atomic E-state index is 12.7. The van der Waals surface area contributed by atoms with Crippen LogP contribution in [0.1, 0.15) is 19.8 Å². The van der Waals surface area contributed by atoms with E-state index in [9.17, 15) is 13.2 Å². The van der Waals surface area contributed by atoms with Gasteiger partial charge in [0.05, 0.1) is 24.2 Å². The zero-order valence-corrected chi connectivity index (χ0v) is 17.7. The molecule has 0 saturated carbocycles. The summed E-state index contributed by atoms with van der Waals surface area (Å²) in [5.74, 6) is 0.394. The Morgan fingerprint density at radius 2 is 1.79 bits per heavy atom. The van der Waals surface area contributed by atoms with Gasteiger partial charge in [-0.15, -0.1) is 0 Å². The van der Waals surface area contributed by atoms with Crippen LogP contribution >= 0.6 is 11.6 Å². The molecule has 0 unspecified atom stereocenters. The molecule has 0 aliphatic carbocycles. The predicted molar refractivity (Wildman–Crippen MR) is 108 cm³/mol. The largest absolute Gasteiger partial charge is 0.379 e. The van der Waals surface area contributed by atoms with Crippen molar-refractivity contribution in [1.82, 2.24) is 14.5 Å². The number of carbonyl (C=O) groups excluding carboxylic acids is 1. The molecule has 2 aliphatic heterocycles. The second kappa shape index (κ2) is 9.54. The minimum absolute atomic E-state index is 0.0979. The molecule has 2 aliphatic rings. The molecule has 9 heteroatoms. The van der Waals surface area contributed by atoms with Crippen LogP contribution in [-0.4, -0.2) is 76.1 Å². The molecular weight excluding hydrogens is 402 g/mol. The van der Waals surface area contributed by atoms with Crippen LogP contribution in [0.5, 0.6) is 0 Å². The lowest BCUT2D eigenvalue weighted by Crippen LogP contribution is -2.50. The van der Waals surface area contributed by atoms with E-state index in [1.54, 1.807) is 11.8 Å². The molecule has 1 amide bonds. The summed E-state index contributed by atoms with van der Waals surface area (Å²) < 4.78 is 32.8. The van der Waals surface area contributed by atoms with Crippen LogP contribution in [0.4, 0.5) is 0 Å². The third-order valence-corrected chi connectivity index (χ3v) is 7.18. The number of morpholine rings is 1. The van der Waals surface area contributed by atoms with Gasteiger partial charge in [0.25, 0.3) is 0 Å². The first-order valence-electron chi connectivity index (χ1n) is 9.72. The number of carbonyl (C=O) groups is 1. The molecule has 0 bridgehead atoms. The van der Waals surface area contributed by atoms with E-state index in [0.717, 1.165) is 45.7 Å². The summed E-state index contributed by atoms with van der Waals surface area (Å²) in [5, 5.41) is 0.461. The van der Waals surface area contributed by atoms with E-state index in [2.05, 4.69) is 9.62 Å². The predicted octanol–water partition coefficient (Wildman–Crippen LogP) is 1.58. The van der Waals surface area contributed by atoms with Gasteiger partial charge in [0.2, 0.25) is 15.9 Å². The number of ether oxygens (including phenoxy) is 1. The molecule has 2 heterocycles. The summed E-state index contributed by atoms with van der Waals surface area (Å²) in [4.78, 5) is 17.0. The quantitative estimate of drug-likeness (QED) is 0.742. The van der Waals surface area contributed by atoms with Crippen molar-refractivity contribution in [3.8, 4) is 0 Å². The molecule has 7 nitrogen and oxygen atoms in total. The summed E-state index contributed by atoms with van der Waals surface area (Å²) in [6, 6.07) is 5.08. The van der Waals surface area contributed by atoms with Gasteiger partial charge in [0.1, 0.15) is 0 Å². The Morgan fingerprint density at radius 1 is 1.18 bits per heavy atom. The molecule has 1 aromatic carbocycles. The van der Waals surface area contributed by atoms with E-state index < -0.39 is 16.1 Å². The Morgan fingerprint density at radius 3 is 2.39 bits per heavy atom. The number of likely N-dealkylation sites (tertiary alicyclic amines) is 1. The van der Waals surface area contributed by atoms with Crippen molar-refractivity contribution in [2.24, 2.45) is 5.92 Å². The highest BCUT2D eigenvalue weighted by Gasteiger charge is 2.29. The molecule has 3 rings (SSSR count). The minimum atomic E-state index is -3.76. The van der Waals surface area contributed by atoms with E-state index in [4.69, 9.17) is 16.3 Å². The number of hydrogen-bond acceptors (Lipinski definition) is 5. The lowest BCUT2D eigenvalue weighted by Gasteiger charge is -2.36. The number of hydrogen-bond donors (Lipinski definition) is 1. The number of piperidine rings is 1. The van der Waals surface area contributed by atoms with Crippen molar-refractivity contribution < 1.29 is 17.9 Å². The molecule has 0 aromatic heterocycles. The van der Waals surface area contributed by atoms with Crippen LogP contribution in [0.2, 0.25) is 5.02 Å². The molecule has 2 fully saturated rings. The molecule has 28 heavy (non-hydrogen) atoms. The van der Waals surface area contributed by atoms with E-state index in [1.165, 1.54) is 24.3 Å². The number of nitrogens with zero attached hydrogens (tertiary/aromatic N) is 2. The Bertz CT molecular complexity index is 758. The monoisotopic (exact) mass is 429 g/mol. The third kappa shape index (κ3) is 5.67. The maximum absolute atomic E-state index is 12.7. The molecule has 0 spiro atoms. The zero-order chi connectivity index (χ0) is 20.1. The van der Waals surface area contributed by atoms with Crippen LogP contribution < -0.4 is 4.72 Å². The number of amides is 1. The number of benzene rings is 1. The lowest BCUT2D eigenvalue weighted by atomic mass is 9.95. The zero-order valence-electron chi connectivity index (χ0n) is 16.1. The number of sulfonamides is 1. The highest BCUT2D eigenvalue weighted by molar-refractivity contribution is 7.89. The van der Waals surface area contributed by atoms with Crippen LogP contribution in [-0.2, 0) is 19.6 Å². The molecule has 156 valence electrons. The summed E-state index contributed by atoms with van der Waals surface area (Å²) in [7, 11) is -3.76. The van der Waals surface area contributed by atoms with E-state index in [-0.39, 0.29) is 10.8 Å². The van der Waals surface area contributed by atoms with Gasteiger partial charge in [-0.2, -0.15) is 4.72 Å². The van der Waals surface area contributed by atoms with Gasteiger partial charge in [-0.1, -0.05) is 11.6 Å². The lowest BCUT2D eigenvalue weighted by molar-refractivity contribution is -0.134. The molecule has 1 atom stereocenters. The number of rotatable bonds is 6. The SMILES string of the molecule is C[C@H](NS(=O)(=O)c1ccc(Cl)cc1)C(=O)N1CCC(CN2CCOCC2)CC1. The molecule has 1 N–H and O–H groups in total.